The van der Waals surface area contributed by atoms with Crippen LogP contribution in [0.2, 0.25) is 5.02 Å². The highest BCUT2D eigenvalue weighted by molar-refractivity contribution is 6.30. The van der Waals surface area contributed by atoms with Crippen LogP contribution >= 0.6 is 11.6 Å². The second-order valence-electron chi connectivity index (χ2n) is 5.49. The lowest BCUT2D eigenvalue weighted by Crippen LogP contribution is -2.36. The van der Waals surface area contributed by atoms with Gasteiger partial charge in [0.15, 0.2) is 0 Å². The van der Waals surface area contributed by atoms with E-state index in [1.54, 1.807) is 12.1 Å². The Hall–Kier alpha value is -1.80. The van der Waals surface area contributed by atoms with E-state index in [0.29, 0.717) is 11.1 Å². The van der Waals surface area contributed by atoms with Gasteiger partial charge in [-0.05, 0) is 49.1 Å². The number of carbonyl (C=O) groups is 1. The highest BCUT2D eigenvalue weighted by Gasteiger charge is 2.29. The van der Waals surface area contributed by atoms with Crippen LogP contribution in [-0.2, 0) is 6.42 Å². The maximum atomic E-state index is 12.6. The lowest BCUT2D eigenvalue weighted by atomic mass is 10.0. The van der Waals surface area contributed by atoms with Gasteiger partial charge in [-0.3, -0.25) is 4.79 Å². The van der Waals surface area contributed by atoms with Gasteiger partial charge in [-0.1, -0.05) is 41.9 Å². The number of amides is 1. The summed E-state index contributed by atoms with van der Waals surface area (Å²) >= 11 is 5.89. The topological polar surface area (TPSA) is 20.3 Å². The Morgan fingerprint density at radius 1 is 1.10 bits per heavy atom. The summed E-state index contributed by atoms with van der Waals surface area (Å²) in [6.07, 6.45) is 3.09. The zero-order chi connectivity index (χ0) is 14.7. The van der Waals surface area contributed by atoms with Crippen LogP contribution in [0.25, 0.3) is 0 Å². The molecule has 21 heavy (non-hydrogen) atoms. The second kappa shape index (κ2) is 6.31. The maximum Gasteiger partial charge on any atom is 0.254 e. The number of rotatable bonds is 3. The summed E-state index contributed by atoms with van der Waals surface area (Å²) < 4.78 is 0. The molecular formula is C18H18ClNO. The Morgan fingerprint density at radius 3 is 2.52 bits per heavy atom. The Bertz CT molecular complexity index is 609. The number of nitrogens with zero attached hydrogens (tertiary/aromatic N) is 1. The van der Waals surface area contributed by atoms with Gasteiger partial charge in [-0.2, -0.15) is 0 Å². The van der Waals surface area contributed by atoms with Gasteiger partial charge >= 0.3 is 0 Å². The van der Waals surface area contributed by atoms with E-state index in [-0.39, 0.29) is 5.91 Å². The van der Waals surface area contributed by atoms with Crippen LogP contribution in [0.1, 0.15) is 28.8 Å². The first-order valence-corrected chi connectivity index (χ1v) is 7.72. The van der Waals surface area contributed by atoms with E-state index in [2.05, 4.69) is 24.3 Å². The van der Waals surface area contributed by atoms with Gasteiger partial charge in [-0.15, -0.1) is 0 Å². The molecule has 1 unspecified atom stereocenters. The fourth-order valence-corrected chi connectivity index (χ4v) is 3.09. The Kier molecular flexibility index (Phi) is 4.26. The van der Waals surface area contributed by atoms with Crippen LogP contribution in [0.3, 0.4) is 0 Å². The first kappa shape index (κ1) is 14.2. The van der Waals surface area contributed by atoms with E-state index < -0.39 is 0 Å². The third kappa shape index (κ3) is 3.27. The number of benzene rings is 2. The molecule has 108 valence electrons. The average Bonchev–Trinajstić information content (AvgIpc) is 2.96. The fraction of sp³-hybridized carbons (Fsp3) is 0.278. The average molecular weight is 300 g/mol. The van der Waals surface area contributed by atoms with Crippen molar-refractivity contribution in [1.29, 1.82) is 0 Å². The quantitative estimate of drug-likeness (QED) is 0.832. The summed E-state index contributed by atoms with van der Waals surface area (Å²) in [5, 5.41) is 0.661. The van der Waals surface area contributed by atoms with Gasteiger partial charge in [0, 0.05) is 23.2 Å². The van der Waals surface area contributed by atoms with E-state index in [1.807, 2.05) is 23.1 Å². The molecule has 0 radical (unpaired) electrons. The summed E-state index contributed by atoms with van der Waals surface area (Å²) in [7, 11) is 0. The molecular weight excluding hydrogens is 282 g/mol. The maximum absolute atomic E-state index is 12.6. The van der Waals surface area contributed by atoms with Gasteiger partial charge in [0.05, 0.1) is 0 Å². The molecule has 1 heterocycles. The zero-order valence-electron chi connectivity index (χ0n) is 11.8. The number of carbonyl (C=O) groups excluding carboxylic acids is 1. The van der Waals surface area contributed by atoms with Crippen molar-refractivity contribution in [3.05, 3.63) is 70.7 Å². The molecule has 1 fully saturated rings. The Labute approximate surface area is 130 Å². The van der Waals surface area contributed by atoms with Crippen LogP contribution in [-0.4, -0.2) is 23.4 Å². The lowest BCUT2D eigenvalue weighted by Gasteiger charge is -2.25. The number of halogens is 1. The lowest BCUT2D eigenvalue weighted by molar-refractivity contribution is 0.0736. The van der Waals surface area contributed by atoms with E-state index >= 15 is 0 Å². The van der Waals surface area contributed by atoms with Crippen molar-refractivity contribution in [2.45, 2.75) is 25.3 Å². The van der Waals surface area contributed by atoms with Gasteiger partial charge in [-0.25, -0.2) is 0 Å². The molecule has 1 aliphatic rings. The largest absolute Gasteiger partial charge is 0.335 e. The van der Waals surface area contributed by atoms with Crippen molar-refractivity contribution in [3.63, 3.8) is 0 Å². The first-order chi connectivity index (χ1) is 10.2. The van der Waals surface area contributed by atoms with E-state index in [0.717, 1.165) is 31.4 Å². The molecule has 1 atom stereocenters. The molecule has 0 saturated carbocycles. The predicted molar refractivity (Wildman–Crippen MR) is 85.7 cm³/mol. The molecule has 2 aromatic rings. The monoisotopic (exact) mass is 299 g/mol. The molecule has 0 aromatic heterocycles. The van der Waals surface area contributed by atoms with Crippen LogP contribution < -0.4 is 0 Å². The van der Waals surface area contributed by atoms with Crippen LogP contribution in [0.15, 0.2) is 54.6 Å². The zero-order valence-corrected chi connectivity index (χ0v) is 12.6. The molecule has 2 aromatic carbocycles. The summed E-state index contributed by atoms with van der Waals surface area (Å²) in [6.45, 7) is 0.846. The van der Waals surface area contributed by atoms with Crippen LogP contribution in [0.4, 0.5) is 0 Å². The summed E-state index contributed by atoms with van der Waals surface area (Å²) in [6, 6.07) is 17.8. The predicted octanol–water partition coefficient (Wildman–Crippen LogP) is 4.19. The molecule has 1 saturated heterocycles. The molecule has 2 nitrogen and oxygen atoms in total. The van der Waals surface area contributed by atoms with Crippen LogP contribution in [0, 0.1) is 0 Å². The van der Waals surface area contributed by atoms with Crippen molar-refractivity contribution in [2.24, 2.45) is 0 Å². The summed E-state index contributed by atoms with van der Waals surface area (Å²) in [5.41, 5.74) is 2.01. The van der Waals surface area contributed by atoms with Crippen LogP contribution in [0.5, 0.6) is 0 Å². The standard InChI is InChI=1S/C18H18ClNO/c19-16-10-8-15(9-11-16)18(21)20-12-4-7-17(20)13-14-5-2-1-3-6-14/h1-3,5-6,8-11,17H,4,7,12-13H2. The number of likely N-dealkylation sites (tertiary alicyclic amines) is 1. The van der Waals surface area contributed by atoms with Gasteiger partial charge in [0.1, 0.15) is 0 Å². The SMILES string of the molecule is O=C(c1ccc(Cl)cc1)N1CCCC1Cc1ccccc1. The number of hydrogen-bond donors (Lipinski definition) is 0. The van der Waals surface area contributed by atoms with Crippen molar-refractivity contribution in [3.8, 4) is 0 Å². The molecule has 3 heteroatoms. The molecule has 0 bridgehead atoms. The highest BCUT2D eigenvalue weighted by atomic mass is 35.5. The molecule has 1 aliphatic heterocycles. The van der Waals surface area contributed by atoms with Crippen molar-refractivity contribution in [1.82, 2.24) is 4.90 Å². The third-order valence-corrected chi connectivity index (χ3v) is 4.30. The fourth-order valence-electron chi connectivity index (χ4n) is 2.96. The molecule has 0 spiro atoms. The Morgan fingerprint density at radius 2 is 1.81 bits per heavy atom. The van der Waals surface area contributed by atoms with Crippen molar-refractivity contribution >= 4 is 17.5 Å². The minimum Gasteiger partial charge on any atom is -0.335 e. The summed E-state index contributed by atoms with van der Waals surface area (Å²) in [4.78, 5) is 14.7. The minimum absolute atomic E-state index is 0.116. The van der Waals surface area contributed by atoms with Crippen molar-refractivity contribution < 1.29 is 4.79 Å². The van der Waals surface area contributed by atoms with E-state index in [1.165, 1.54) is 5.56 Å². The second-order valence-corrected chi connectivity index (χ2v) is 5.93. The van der Waals surface area contributed by atoms with Gasteiger partial charge in [0.2, 0.25) is 0 Å². The highest BCUT2D eigenvalue weighted by Crippen LogP contribution is 2.23. The first-order valence-electron chi connectivity index (χ1n) is 7.34. The molecule has 0 N–H and O–H groups in total. The van der Waals surface area contributed by atoms with Gasteiger partial charge in [0.25, 0.3) is 5.91 Å². The normalized spacial score (nSPS) is 18.0. The van der Waals surface area contributed by atoms with Crippen molar-refractivity contribution in [2.75, 3.05) is 6.54 Å². The summed E-state index contributed by atoms with van der Waals surface area (Å²) in [5.74, 6) is 0.116. The minimum atomic E-state index is 0.116. The molecule has 1 amide bonds. The molecule has 3 rings (SSSR count). The number of hydrogen-bond acceptors (Lipinski definition) is 1. The van der Waals surface area contributed by atoms with Gasteiger partial charge < -0.3 is 4.90 Å². The third-order valence-electron chi connectivity index (χ3n) is 4.04. The van der Waals surface area contributed by atoms with E-state index in [4.69, 9.17) is 11.6 Å². The Balaban J connectivity index is 1.74. The van der Waals surface area contributed by atoms with E-state index in [9.17, 15) is 4.79 Å². The molecule has 0 aliphatic carbocycles. The smallest absolute Gasteiger partial charge is 0.254 e.